The van der Waals surface area contributed by atoms with E-state index in [2.05, 4.69) is 25.6 Å². The molecule has 7 nitrogen and oxygen atoms in total. The van der Waals surface area contributed by atoms with Gasteiger partial charge in [-0.2, -0.15) is 13.2 Å². The van der Waals surface area contributed by atoms with Gasteiger partial charge in [0.25, 0.3) is 5.91 Å². The van der Waals surface area contributed by atoms with E-state index in [1.807, 2.05) is 0 Å². The van der Waals surface area contributed by atoms with Crippen molar-refractivity contribution in [2.75, 3.05) is 12.4 Å². The molecule has 32 heavy (non-hydrogen) atoms. The number of carbonyl (C=O) groups is 2. The summed E-state index contributed by atoms with van der Waals surface area (Å²) in [7, 11) is 1.29. The first-order valence-corrected chi connectivity index (χ1v) is 9.99. The molecular weight excluding hydrogens is 469 g/mol. The van der Waals surface area contributed by atoms with E-state index in [0.717, 1.165) is 11.0 Å². The van der Waals surface area contributed by atoms with Crippen molar-refractivity contribution in [1.29, 1.82) is 0 Å². The Hall–Kier alpha value is -3.15. The SMILES string of the molecule is CONC(=O)c1nccc(Sc2ccc(NC(=O)c3ccc(Cl)c(C(F)(F)F)c3)cc2)n1. The van der Waals surface area contributed by atoms with Crippen molar-refractivity contribution < 1.29 is 27.6 Å². The van der Waals surface area contributed by atoms with Crippen molar-refractivity contribution in [3.05, 3.63) is 76.7 Å². The van der Waals surface area contributed by atoms with Gasteiger partial charge in [0.15, 0.2) is 0 Å². The zero-order valence-electron chi connectivity index (χ0n) is 16.2. The molecule has 0 fully saturated rings. The van der Waals surface area contributed by atoms with Gasteiger partial charge in [-0.05, 0) is 48.5 Å². The normalized spacial score (nSPS) is 11.2. The van der Waals surface area contributed by atoms with Crippen LogP contribution in [0.15, 0.2) is 64.6 Å². The van der Waals surface area contributed by atoms with Crippen LogP contribution in [-0.4, -0.2) is 28.9 Å². The van der Waals surface area contributed by atoms with Crippen LogP contribution in [0.2, 0.25) is 5.02 Å². The lowest BCUT2D eigenvalue weighted by Crippen LogP contribution is -2.24. The van der Waals surface area contributed by atoms with E-state index in [0.29, 0.717) is 16.8 Å². The standard InChI is InChI=1S/C20H14ClF3N4O3S/c1-31-28-19(30)17-25-9-8-16(27-17)32-13-5-3-12(4-6-13)26-18(29)11-2-7-15(21)14(10-11)20(22,23)24/h2-10H,1H3,(H,26,29)(H,28,30). The van der Waals surface area contributed by atoms with Gasteiger partial charge in [-0.25, -0.2) is 15.4 Å². The number of alkyl halides is 3. The fraction of sp³-hybridized carbons (Fsp3) is 0.100. The molecule has 0 atom stereocenters. The van der Waals surface area contributed by atoms with Gasteiger partial charge in [-0.1, -0.05) is 23.4 Å². The second-order valence-electron chi connectivity index (χ2n) is 6.13. The quantitative estimate of drug-likeness (QED) is 0.385. The number of anilines is 1. The van der Waals surface area contributed by atoms with Gasteiger partial charge in [0.05, 0.1) is 17.7 Å². The number of hydrogen-bond donors (Lipinski definition) is 2. The summed E-state index contributed by atoms with van der Waals surface area (Å²) in [5.41, 5.74) is 1.24. The molecular formula is C20H14ClF3N4O3S. The number of benzene rings is 2. The molecule has 0 radical (unpaired) electrons. The number of amides is 2. The van der Waals surface area contributed by atoms with E-state index >= 15 is 0 Å². The topological polar surface area (TPSA) is 93.2 Å². The number of nitrogens with one attached hydrogen (secondary N) is 2. The van der Waals surface area contributed by atoms with Crippen LogP contribution in [0.3, 0.4) is 0 Å². The van der Waals surface area contributed by atoms with Crippen LogP contribution < -0.4 is 10.8 Å². The van der Waals surface area contributed by atoms with Crippen molar-refractivity contribution in [3.8, 4) is 0 Å². The molecule has 2 aromatic carbocycles. The lowest BCUT2D eigenvalue weighted by atomic mass is 10.1. The fourth-order valence-electron chi connectivity index (χ4n) is 2.46. The van der Waals surface area contributed by atoms with E-state index in [1.165, 1.54) is 31.1 Å². The second kappa shape index (κ2) is 9.98. The number of hydrogen-bond acceptors (Lipinski definition) is 6. The van der Waals surface area contributed by atoms with Crippen LogP contribution >= 0.6 is 23.4 Å². The van der Waals surface area contributed by atoms with Crippen LogP contribution in [-0.2, 0) is 11.0 Å². The van der Waals surface area contributed by atoms with Crippen molar-refractivity contribution in [2.24, 2.45) is 0 Å². The summed E-state index contributed by atoms with van der Waals surface area (Å²) in [4.78, 5) is 37.3. The van der Waals surface area contributed by atoms with Gasteiger partial charge in [-0.3, -0.25) is 14.4 Å². The molecule has 0 spiro atoms. The molecule has 1 heterocycles. The minimum atomic E-state index is -4.67. The average molecular weight is 483 g/mol. The molecule has 3 aromatic rings. The smallest absolute Gasteiger partial charge is 0.322 e. The highest BCUT2D eigenvalue weighted by Gasteiger charge is 2.33. The Morgan fingerprint density at radius 1 is 1.06 bits per heavy atom. The summed E-state index contributed by atoms with van der Waals surface area (Å²) in [6.45, 7) is 0. The van der Waals surface area contributed by atoms with Crippen molar-refractivity contribution in [1.82, 2.24) is 15.4 Å². The largest absolute Gasteiger partial charge is 0.417 e. The van der Waals surface area contributed by atoms with Gasteiger partial charge in [0.1, 0.15) is 5.03 Å². The molecule has 0 saturated heterocycles. The highest BCUT2D eigenvalue weighted by Crippen LogP contribution is 2.35. The number of carbonyl (C=O) groups excluding carboxylic acids is 2. The Morgan fingerprint density at radius 3 is 2.44 bits per heavy atom. The highest BCUT2D eigenvalue weighted by atomic mass is 35.5. The zero-order chi connectivity index (χ0) is 23.3. The molecule has 0 aliphatic heterocycles. The number of hydroxylamine groups is 1. The maximum Gasteiger partial charge on any atom is 0.417 e. The van der Waals surface area contributed by atoms with E-state index in [1.54, 1.807) is 30.3 Å². The predicted molar refractivity (Wildman–Crippen MR) is 111 cm³/mol. The Morgan fingerprint density at radius 2 is 1.78 bits per heavy atom. The lowest BCUT2D eigenvalue weighted by molar-refractivity contribution is -0.137. The molecule has 0 aliphatic carbocycles. The summed E-state index contributed by atoms with van der Waals surface area (Å²) >= 11 is 6.82. The first kappa shape index (κ1) is 23.5. The molecule has 1 aromatic heterocycles. The highest BCUT2D eigenvalue weighted by molar-refractivity contribution is 7.99. The van der Waals surface area contributed by atoms with E-state index in [9.17, 15) is 22.8 Å². The fourth-order valence-corrected chi connectivity index (χ4v) is 3.46. The van der Waals surface area contributed by atoms with Crippen molar-refractivity contribution >= 4 is 40.9 Å². The summed E-state index contributed by atoms with van der Waals surface area (Å²) in [6, 6.07) is 11.1. The van der Waals surface area contributed by atoms with Gasteiger partial charge >= 0.3 is 12.1 Å². The second-order valence-corrected chi connectivity index (χ2v) is 7.63. The Balaban J connectivity index is 1.68. The summed E-state index contributed by atoms with van der Waals surface area (Å²) < 4.78 is 39.0. The van der Waals surface area contributed by atoms with Crippen molar-refractivity contribution in [3.63, 3.8) is 0 Å². The summed E-state index contributed by atoms with van der Waals surface area (Å²) in [5.74, 6) is -1.37. The van der Waals surface area contributed by atoms with E-state index in [4.69, 9.17) is 11.6 Å². The number of aromatic nitrogens is 2. The molecule has 0 aliphatic rings. The predicted octanol–water partition coefficient (Wildman–Crippen LogP) is 4.84. The molecule has 3 rings (SSSR count). The Kier molecular flexibility index (Phi) is 7.33. The first-order chi connectivity index (χ1) is 15.2. The third kappa shape index (κ3) is 5.96. The molecule has 12 heteroatoms. The number of rotatable bonds is 6. The lowest BCUT2D eigenvalue weighted by Gasteiger charge is -2.11. The maximum atomic E-state index is 13.0. The van der Waals surface area contributed by atoms with Crippen LogP contribution in [0.1, 0.15) is 26.5 Å². The number of nitrogens with zero attached hydrogens (tertiary/aromatic N) is 2. The van der Waals surface area contributed by atoms with E-state index in [-0.39, 0.29) is 11.4 Å². The summed E-state index contributed by atoms with van der Waals surface area (Å²) in [5, 5.41) is 2.55. The molecule has 0 saturated carbocycles. The molecule has 2 N–H and O–H groups in total. The van der Waals surface area contributed by atoms with Crippen LogP contribution in [0.25, 0.3) is 0 Å². The first-order valence-electron chi connectivity index (χ1n) is 8.80. The van der Waals surface area contributed by atoms with Crippen LogP contribution in [0, 0.1) is 0 Å². The molecule has 0 unspecified atom stereocenters. The van der Waals surface area contributed by atoms with Gasteiger partial charge in [0.2, 0.25) is 5.82 Å². The zero-order valence-corrected chi connectivity index (χ0v) is 17.8. The minimum Gasteiger partial charge on any atom is -0.322 e. The third-order valence-electron chi connectivity index (χ3n) is 3.90. The van der Waals surface area contributed by atoms with Gasteiger partial charge < -0.3 is 5.32 Å². The Bertz CT molecular complexity index is 1140. The maximum absolute atomic E-state index is 13.0. The van der Waals surface area contributed by atoms with Gasteiger partial charge in [0, 0.05) is 22.3 Å². The molecule has 0 bridgehead atoms. The van der Waals surface area contributed by atoms with Crippen LogP contribution in [0.5, 0.6) is 0 Å². The number of halogens is 4. The molecule has 2 amide bonds. The summed E-state index contributed by atoms with van der Waals surface area (Å²) in [6.07, 6.45) is -3.24. The van der Waals surface area contributed by atoms with Crippen LogP contribution in [0.4, 0.5) is 18.9 Å². The Labute approximate surface area is 189 Å². The minimum absolute atomic E-state index is 0.0677. The third-order valence-corrected chi connectivity index (χ3v) is 5.17. The van der Waals surface area contributed by atoms with E-state index < -0.39 is 28.6 Å². The monoisotopic (exact) mass is 482 g/mol. The van der Waals surface area contributed by atoms with Crippen molar-refractivity contribution in [2.45, 2.75) is 16.1 Å². The average Bonchev–Trinajstić information content (AvgIpc) is 2.75. The molecule has 166 valence electrons. The van der Waals surface area contributed by atoms with Gasteiger partial charge in [-0.15, -0.1) is 0 Å².